The summed E-state index contributed by atoms with van der Waals surface area (Å²) in [5.41, 5.74) is 3.52. The maximum atomic E-state index is 12.0. The highest BCUT2D eigenvalue weighted by atomic mass is 16.5. The zero-order valence-corrected chi connectivity index (χ0v) is 11.3. The van der Waals surface area contributed by atoms with Gasteiger partial charge in [0.1, 0.15) is 11.5 Å². The van der Waals surface area contributed by atoms with Crippen molar-refractivity contribution in [1.82, 2.24) is 4.98 Å². The van der Waals surface area contributed by atoms with Gasteiger partial charge in [0.2, 0.25) is 0 Å². The summed E-state index contributed by atoms with van der Waals surface area (Å²) < 4.78 is 5.49. The molecule has 0 spiro atoms. The molecule has 3 nitrogen and oxygen atoms in total. The van der Waals surface area contributed by atoms with Crippen molar-refractivity contribution in [1.29, 1.82) is 0 Å². The highest BCUT2D eigenvalue weighted by Gasteiger charge is 2.12. The van der Waals surface area contributed by atoms with Crippen LogP contribution in [0.3, 0.4) is 0 Å². The summed E-state index contributed by atoms with van der Waals surface area (Å²) in [6, 6.07) is 10.0. The van der Waals surface area contributed by atoms with E-state index in [1.54, 1.807) is 12.4 Å². The van der Waals surface area contributed by atoms with Gasteiger partial charge in [-0.25, -0.2) is 0 Å². The molecule has 0 aliphatic carbocycles. The number of ether oxygens (including phenoxy) is 1. The molecular weight excluding hydrogens is 250 g/mol. The average molecular weight is 267 g/mol. The van der Waals surface area contributed by atoms with Gasteiger partial charge in [-0.1, -0.05) is 12.1 Å². The molecule has 1 aromatic carbocycles. The first kappa shape index (κ1) is 12.9. The maximum Gasteiger partial charge on any atom is 0.137 e. The van der Waals surface area contributed by atoms with Gasteiger partial charge in [-0.15, -0.1) is 0 Å². The topological polar surface area (TPSA) is 39.2 Å². The van der Waals surface area contributed by atoms with Crippen LogP contribution in [0.15, 0.2) is 42.7 Å². The summed E-state index contributed by atoms with van der Waals surface area (Å²) in [4.78, 5) is 15.9. The monoisotopic (exact) mass is 267 g/mol. The van der Waals surface area contributed by atoms with Crippen molar-refractivity contribution in [2.45, 2.75) is 25.7 Å². The van der Waals surface area contributed by atoms with Gasteiger partial charge in [0.15, 0.2) is 0 Å². The third kappa shape index (κ3) is 3.05. The number of aryl methyl sites for hydroxylation is 1. The molecule has 3 rings (SSSR count). The Morgan fingerprint density at radius 3 is 2.85 bits per heavy atom. The largest absolute Gasteiger partial charge is 0.493 e. The number of nitrogens with zero attached hydrogens (tertiary/aromatic N) is 1. The number of Topliss-reactive ketones (excluding diaryl/α,β-unsaturated/α-hetero) is 1. The Labute approximate surface area is 118 Å². The van der Waals surface area contributed by atoms with Crippen LogP contribution in [0.2, 0.25) is 0 Å². The molecule has 0 N–H and O–H groups in total. The number of hydrogen-bond acceptors (Lipinski definition) is 3. The first-order valence-corrected chi connectivity index (χ1v) is 6.96. The number of fused-ring (bicyclic) bond motifs is 1. The number of ketones is 1. The Morgan fingerprint density at radius 2 is 2.00 bits per heavy atom. The minimum absolute atomic E-state index is 0.271. The lowest BCUT2D eigenvalue weighted by Crippen LogP contribution is -2.04. The van der Waals surface area contributed by atoms with Crippen LogP contribution in [0.5, 0.6) is 5.75 Å². The summed E-state index contributed by atoms with van der Waals surface area (Å²) in [5, 5.41) is 0. The molecule has 1 aliphatic rings. The van der Waals surface area contributed by atoms with Gasteiger partial charge in [-0.05, 0) is 41.3 Å². The van der Waals surface area contributed by atoms with Crippen LogP contribution in [0.4, 0.5) is 0 Å². The predicted octanol–water partition coefficient (Wildman–Crippen LogP) is 2.76. The van der Waals surface area contributed by atoms with Crippen LogP contribution < -0.4 is 4.74 Å². The summed E-state index contributed by atoms with van der Waals surface area (Å²) in [7, 11) is 0. The number of carbonyl (C=O) groups is 1. The molecule has 1 aromatic heterocycles. The molecule has 0 bridgehead atoms. The number of rotatable bonds is 5. The molecule has 0 atom stereocenters. The Bertz CT molecular complexity index is 608. The lowest BCUT2D eigenvalue weighted by Gasteiger charge is -2.04. The standard InChI is InChI=1S/C17H17NO2/c19-16(12-14-5-8-18-9-6-14)3-1-13-2-4-17-15(11-13)7-10-20-17/h2,4-6,8-9,11H,1,3,7,10,12H2. The first-order valence-electron chi connectivity index (χ1n) is 6.96. The van der Waals surface area contributed by atoms with Gasteiger partial charge in [-0.2, -0.15) is 0 Å². The van der Waals surface area contributed by atoms with E-state index in [9.17, 15) is 4.79 Å². The van der Waals surface area contributed by atoms with E-state index in [1.807, 2.05) is 18.2 Å². The fourth-order valence-corrected chi connectivity index (χ4v) is 2.50. The van der Waals surface area contributed by atoms with Gasteiger partial charge >= 0.3 is 0 Å². The summed E-state index contributed by atoms with van der Waals surface area (Å²) in [5.74, 6) is 1.27. The molecule has 102 valence electrons. The number of aromatic nitrogens is 1. The lowest BCUT2D eigenvalue weighted by molar-refractivity contribution is -0.118. The Kier molecular flexibility index (Phi) is 3.77. The smallest absolute Gasteiger partial charge is 0.137 e. The van der Waals surface area contributed by atoms with Crippen molar-refractivity contribution in [3.63, 3.8) is 0 Å². The van der Waals surface area contributed by atoms with E-state index in [0.29, 0.717) is 12.8 Å². The van der Waals surface area contributed by atoms with Crippen molar-refractivity contribution in [3.8, 4) is 5.75 Å². The summed E-state index contributed by atoms with van der Waals surface area (Å²) >= 11 is 0. The molecule has 2 heterocycles. The summed E-state index contributed by atoms with van der Waals surface area (Å²) in [6.07, 6.45) is 6.32. The Hall–Kier alpha value is -2.16. The molecule has 0 amide bonds. The van der Waals surface area contributed by atoms with Crippen LogP contribution >= 0.6 is 0 Å². The van der Waals surface area contributed by atoms with E-state index in [-0.39, 0.29) is 5.78 Å². The van der Waals surface area contributed by atoms with Crippen molar-refractivity contribution < 1.29 is 9.53 Å². The second kappa shape index (κ2) is 5.87. The number of hydrogen-bond donors (Lipinski definition) is 0. The average Bonchev–Trinajstić information content (AvgIpc) is 2.93. The quantitative estimate of drug-likeness (QED) is 0.836. The van der Waals surface area contributed by atoms with E-state index >= 15 is 0 Å². The molecule has 20 heavy (non-hydrogen) atoms. The van der Waals surface area contributed by atoms with Crippen LogP contribution in [-0.2, 0) is 24.1 Å². The van der Waals surface area contributed by atoms with E-state index < -0.39 is 0 Å². The number of carbonyl (C=O) groups excluding carboxylic acids is 1. The molecule has 2 aromatic rings. The molecule has 0 unspecified atom stereocenters. The van der Waals surface area contributed by atoms with E-state index in [4.69, 9.17) is 4.74 Å². The third-order valence-corrected chi connectivity index (χ3v) is 3.60. The molecule has 3 heteroatoms. The van der Waals surface area contributed by atoms with Crippen LogP contribution in [-0.4, -0.2) is 17.4 Å². The van der Waals surface area contributed by atoms with Crippen LogP contribution in [0.25, 0.3) is 0 Å². The van der Waals surface area contributed by atoms with E-state index in [2.05, 4.69) is 17.1 Å². The van der Waals surface area contributed by atoms with Gasteiger partial charge in [0, 0.05) is 31.7 Å². The molecule has 1 aliphatic heterocycles. The molecule has 0 fully saturated rings. The van der Waals surface area contributed by atoms with E-state index in [1.165, 1.54) is 11.1 Å². The molecular formula is C17H17NO2. The minimum atomic E-state index is 0.271. The number of benzene rings is 1. The third-order valence-electron chi connectivity index (χ3n) is 3.60. The number of pyridine rings is 1. The van der Waals surface area contributed by atoms with E-state index in [0.717, 1.165) is 30.8 Å². The lowest BCUT2D eigenvalue weighted by atomic mass is 10.0. The second-order valence-electron chi connectivity index (χ2n) is 5.11. The molecule has 0 saturated carbocycles. The Morgan fingerprint density at radius 1 is 1.15 bits per heavy atom. The highest BCUT2D eigenvalue weighted by molar-refractivity contribution is 5.81. The zero-order chi connectivity index (χ0) is 13.8. The van der Waals surface area contributed by atoms with Crippen LogP contribution in [0.1, 0.15) is 23.1 Å². The van der Waals surface area contributed by atoms with Gasteiger partial charge in [-0.3, -0.25) is 9.78 Å². The fraction of sp³-hybridized carbons (Fsp3) is 0.294. The Balaban J connectivity index is 1.55. The molecule has 0 saturated heterocycles. The SMILES string of the molecule is O=C(CCc1ccc2c(c1)CCO2)Cc1ccncc1. The normalized spacial score (nSPS) is 12.8. The van der Waals surface area contributed by atoms with Crippen molar-refractivity contribution in [3.05, 3.63) is 59.4 Å². The second-order valence-corrected chi connectivity index (χ2v) is 5.11. The first-order chi connectivity index (χ1) is 9.81. The zero-order valence-electron chi connectivity index (χ0n) is 11.3. The van der Waals surface area contributed by atoms with Gasteiger partial charge < -0.3 is 4.74 Å². The highest BCUT2D eigenvalue weighted by Crippen LogP contribution is 2.26. The van der Waals surface area contributed by atoms with Gasteiger partial charge in [0.05, 0.1) is 6.61 Å². The molecule has 0 radical (unpaired) electrons. The van der Waals surface area contributed by atoms with Crippen molar-refractivity contribution in [2.24, 2.45) is 0 Å². The predicted molar refractivity (Wildman–Crippen MR) is 76.9 cm³/mol. The fourth-order valence-electron chi connectivity index (χ4n) is 2.50. The van der Waals surface area contributed by atoms with Gasteiger partial charge in [0.25, 0.3) is 0 Å². The van der Waals surface area contributed by atoms with Crippen molar-refractivity contribution in [2.75, 3.05) is 6.61 Å². The maximum absolute atomic E-state index is 12.0. The van der Waals surface area contributed by atoms with Crippen LogP contribution in [0, 0.1) is 0 Å². The minimum Gasteiger partial charge on any atom is -0.493 e. The van der Waals surface area contributed by atoms with Crippen molar-refractivity contribution >= 4 is 5.78 Å². The summed E-state index contributed by atoms with van der Waals surface area (Å²) in [6.45, 7) is 0.778.